The number of hydrogen-bond donors (Lipinski definition) is 1. The van der Waals surface area contributed by atoms with E-state index in [9.17, 15) is 4.39 Å². The maximum atomic E-state index is 12.1. The minimum absolute atomic E-state index is 0.324. The molecule has 0 saturated carbocycles. The summed E-state index contributed by atoms with van der Waals surface area (Å²) >= 11 is 0. The van der Waals surface area contributed by atoms with E-state index in [2.05, 4.69) is 31.3 Å². The summed E-state index contributed by atoms with van der Waals surface area (Å²) in [6.45, 7) is 10.5. The fourth-order valence-electron chi connectivity index (χ4n) is 2.10. The molecular weight excluding hydrogens is 241 g/mol. The molecule has 0 amide bonds. The van der Waals surface area contributed by atoms with Crippen LogP contribution in [-0.2, 0) is 6.54 Å². The van der Waals surface area contributed by atoms with E-state index in [1.54, 1.807) is 0 Å². The Bertz CT molecular complexity index is 367. The van der Waals surface area contributed by atoms with Gasteiger partial charge in [0.15, 0.2) is 0 Å². The fourth-order valence-corrected chi connectivity index (χ4v) is 2.10. The Morgan fingerprint density at radius 2 is 1.84 bits per heavy atom. The fraction of sp³-hybridized carbons (Fsp3) is 0.625. The number of ether oxygens (including phenoxy) is 1. The summed E-state index contributed by atoms with van der Waals surface area (Å²) < 4.78 is 17.7. The van der Waals surface area contributed by atoms with Gasteiger partial charge in [-0.05, 0) is 43.0 Å². The summed E-state index contributed by atoms with van der Waals surface area (Å²) in [7, 11) is 0. The van der Waals surface area contributed by atoms with E-state index in [-0.39, 0.29) is 6.67 Å². The van der Waals surface area contributed by atoms with Crippen LogP contribution < -0.4 is 10.1 Å². The van der Waals surface area contributed by atoms with E-state index < -0.39 is 0 Å². The molecule has 1 rings (SSSR count). The van der Waals surface area contributed by atoms with Gasteiger partial charge in [-0.3, -0.25) is 4.39 Å². The smallest absolute Gasteiger partial charge is 0.125 e. The van der Waals surface area contributed by atoms with Gasteiger partial charge in [-0.25, -0.2) is 0 Å². The van der Waals surface area contributed by atoms with Crippen molar-refractivity contribution in [2.75, 3.05) is 19.8 Å². The van der Waals surface area contributed by atoms with Crippen molar-refractivity contribution in [2.45, 2.75) is 40.7 Å². The van der Waals surface area contributed by atoms with E-state index in [0.29, 0.717) is 18.9 Å². The zero-order chi connectivity index (χ0) is 14.3. The van der Waals surface area contributed by atoms with Crippen LogP contribution in [0.1, 0.15) is 37.0 Å². The predicted octanol–water partition coefficient (Wildman–Crippen LogP) is 3.79. The summed E-state index contributed by atoms with van der Waals surface area (Å²) in [5.74, 6) is 1.56. The number of halogens is 1. The van der Waals surface area contributed by atoms with Crippen LogP contribution in [0.2, 0.25) is 0 Å². The lowest BCUT2D eigenvalue weighted by Crippen LogP contribution is -2.19. The van der Waals surface area contributed by atoms with Crippen LogP contribution in [0.4, 0.5) is 4.39 Å². The Balaban J connectivity index is 2.62. The molecule has 0 saturated heterocycles. The van der Waals surface area contributed by atoms with E-state index in [4.69, 9.17) is 4.74 Å². The summed E-state index contributed by atoms with van der Waals surface area (Å²) in [5, 5.41) is 3.44. The molecule has 0 bridgehead atoms. The Morgan fingerprint density at radius 1 is 1.21 bits per heavy atom. The monoisotopic (exact) mass is 267 g/mol. The Morgan fingerprint density at radius 3 is 2.37 bits per heavy atom. The van der Waals surface area contributed by atoms with Gasteiger partial charge in [-0.2, -0.15) is 0 Å². The zero-order valence-corrected chi connectivity index (χ0v) is 12.6. The zero-order valence-electron chi connectivity index (χ0n) is 12.6. The number of benzene rings is 1. The number of nitrogens with one attached hydrogen (secondary N) is 1. The third-order valence-electron chi connectivity index (χ3n) is 2.93. The minimum atomic E-state index is -0.324. The molecule has 108 valence electrons. The Kier molecular flexibility index (Phi) is 6.85. The van der Waals surface area contributed by atoms with Crippen LogP contribution >= 0.6 is 0 Å². The second-order valence-corrected chi connectivity index (χ2v) is 5.47. The first-order chi connectivity index (χ1) is 9.04. The van der Waals surface area contributed by atoms with E-state index in [1.165, 1.54) is 5.56 Å². The molecule has 1 aromatic rings. The molecule has 0 unspecified atom stereocenters. The molecule has 0 fully saturated rings. The van der Waals surface area contributed by atoms with Gasteiger partial charge in [0.25, 0.3) is 0 Å². The lowest BCUT2D eigenvalue weighted by Gasteiger charge is -2.14. The first-order valence-corrected chi connectivity index (χ1v) is 7.04. The van der Waals surface area contributed by atoms with Gasteiger partial charge in [-0.1, -0.05) is 26.0 Å². The molecule has 1 aromatic carbocycles. The van der Waals surface area contributed by atoms with Crippen molar-refractivity contribution in [1.29, 1.82) is 0 Å². The van der Waals surface area contributed by atoms with Gasteiger partial charge in [0.1, 0.15) is 5.75 Å². The molecule has 0 heterocycles. The molecular formula is C16H26FNO. The molecule has 0 radical (unpaired) electrons. The normalized spacial score (nSPS) is 11.1. The van der Waals surface area contributed by atoms with Crippen LogP contribution in [0.3, 0.4) is 0 Å². The summed E-state index contributed by atoms with van der Waals surface area (Å²) in [6.07, 6.45) is 0.455. The number of rotatable bonds is 8. The van der Waals surface area contributed by atoms with Crippen molar-refractivity contribution in [2.24, 2.45) is 5.92 Å². The maximum Gasteiger partial charge on any atom is 0.125 e. The molecule has 0 spiro atoms. The van der Waals surface area contributed by atoms with Crippen molar-refractivity contribution >= 4 is 0 Å². The quantitative estimate of drug-likeness (QED) is 0.724. The second-order valence-electron chi connectivity index (χ2n) is 5.47. The molecule has 0 aliphatic heterocycles. The largest absolute Gasteiger partial charge is 0.493 e. The van der Waals surface area contributed by atoms with Crippen molar-refractivity contribution in [3.63, 3.8) is 0 Å². The van der Waals surface area contributed by atoms with E-state index in [1.807, 2.05) is 13.8 Å². The van der Waals surface area contributed by atoms with Crippen molar-refractivity contribution in [3.05, 3.63) is 28.8 Å². The SMILES string of the molecule is Cc1cc(CNCC(C)C)cc(C)c1OCCCF. The maximum absolute atomic E-state index is 12.1. The van der Waals surface area contributed by atoms with Crippen LogP contribution in [0, 0.1) is 19.8 Å². The second kappa shape index (κ2) is 8.16. The van der Waals surface area contributed by atoms with E-state index in [0.717, 1.165) is 30.0 Å². The Hall–Kier alpha value is -1.09. The van der Waals surface area contributed by atoms with Gasteiger partial charge in [-0.15, -0.1) is 0 Å². The van der Waals surface area contributed by atoms with Gasteiger partial charge in [0.2, 0.25) is 0 Å². The van der Waals surface area contributed by atoms with Crippen LogP contribution in [0.15, 0.2) is 12.1 Å². The highest BCUT2D eigenvalue weighted by atomic mass is 19.1. The molecule has 19 heavy (non-hydrogen) atoms. The average molecular weight is 267 g/mol. The molecule has 1 N–H and O–H groups in total. The minimum Gasteiger partial charge on any atom is -0.493 e. The highest BCUT2D eigenvalue weighted by Crippen LogP contribution is 2.25. The molecule has 0 atom stereocenters. The highest BCUT2D eigenvalue weighted by Gasteiger charge is 2.06. The molecule has 0 aromatic heterocycles. The van der Waals surface area contributed by atoms with Crippen molar-refractivity contribution in [1.82, 2.24) is 5.32 Å². The van der Waals surface area contributed by atoms with Crippen molar-refractivity contribution < 1.29 is 9.13 Å². The standard InChI is InChI=1S/C16H26FNO/c1-12(2)10-18-11-15-8-13(3)16(14(4)9-15)19-7-5-6-17/h8-9,12,18H,5-7,10-11H2,1-4H3. The van der Waals surface area contributed by atoms with Crippen LogP contribution in [-0.4, -0.2) is 19.8 Å². The summed E-state index contributed by atoms with van der Waals surface area (Å²) in [4.78, 5) is 0. The number of aryl methyl sites for hydroxylation is 2. The lowest BCUT2D eigenvalue weighted by molar-refractivity contribution is 0.286. The third kappa shape index (κ3) is 5.60. The summed E-state index contributed by atoms with van der Waals surface area (Å²) in [6, 6.07) is 4.29. The topological polar surface area (TPSA) is 21.3 Å². The van der Waals surface area contributed by atoms with E-state index >= 15 is 0 Å². The van der Waals surface area contributed by atoms with Gasteiger partial charge in [0.05, 0.1) is 13.3 Å². The molecule has 2 nitrogen and oxygen atoms in total. The average Bonchev–Trinajstić information content (AvgIpc) is 2.32. The van der Waals surface area contributed by atoms with Crippen LogP contribution in [0.5, 0.6) is 5.75 Å². The van der Waals surface area contributed by atoms with Gasteiger partial charge in [0, 0.05) is 13.0 Å². The summed E-state index contributed by atoms with van der Waals surface area (Å²) in [5.41, 5.74) is 3.52. The van der Waals surface area contributed by atoms with Crippen LogP contribution in [0.25, 0.3) is 0 Å². The molecule has 0 aliphatic carbocycles. The van der Waals surface area contributed by atoms with Gasteiger partial charge < -0.3 is 10.1 Å². The third-order valence-corrected chi connectivity index (χ3v) is 2.93. The lowest BCUT2D eigenvalue weighted by atomic mass is 10.1. The first kappa shape index (κ1) is 16.0. The predicted molar refractivity (Wildman–Crippen MR) is 78.5 cm³/mol. The Labute approximate surface area is 116 Å². The first-order valence-electron chi connectivity index (χ1n) is 7.04. The van der Waals surface area contributed by atoms with Gasteiger partial charge >= 0.3 is 0 Å². The molecule has 3 heteroatoms. The van der Waals surface area contributed by atoms with Crippen molar-refractivity contribution in [3.8, 4) is 5.75 Å². The number of hydrogen-bond acceptors (Lipinski definition) is 2. The highest BCUT2D eigenvalue weighted by molar-refractivity contribution is 5.43. The molecule has 0 aliphatic rings. The number of alkyl halides is 1.